The number of aryl methyl sites for hydroxylation is 1. The Balaban J connectivity index is 1.56. The minimum absolute atomic E-state index is 0.522. The molecule has 0 radical (unpaired) electrons. The maximum atomic E-state index is 4.45. The van der Waals surface area contributed by atoms with Gasteiger partial charge in [0, 0.05) is 56.2 Å². The first-order valence-electron chi connectivity index (χ1n) is 7.78. The van der Waals surface area contributed by atoms with E-state index in [1.165, 1.54) is 18.5 Å². The van der Waals surface area contributed by atoms with Crippen LogP contribution < -0.4 is 0 Å². The molecular weight excluding hydrogens is 276 g/mol. The Morgan fingerprint density at radius 3 is 2.86 bits per heavy atom. The summed E-state index contributed by atoms with van der Waals surface area (Å²) in [6.45, 7) is 3.11. The molecule has 0 spiro atoms. The van der Waals surface area contributed by atoms with Gasteiger partial charge in [-0.25, -0.2) is 15.0 Å². The van der Waals surface area contributed by atoms with Crippen molar-refractivity contribution in [2.75, 3.05) is 13.1 Å². The van der Waals surface area contributed by atoms with Crippen molar-refractivity contribution in [2.45, 2.75) is 25.3 Å². The van der Waals surface area contributed by atoms with Gasteiger partial charge in [0.15, 0.2) is 0 Å². The van der Waals surface area contributed by atoms with E-state index in [1.807, 2.05) is 31.0 Å². The highest BCUT2D eigenvalue weighted by molar-refractivity contribution is 5.31. The van der Waals surface area contributed by atoms with Gasteiger partial charge in [-0.05, 0) is 25.5 Å². The molecule has 114 valence electrons. The molecule has 1 unspecified atom stereocenters. The lowest BCUT2D eigenvalue weighted by molar-refractivity contribution is 0.192. The second-order valence-corrected chi connectivity index (χ2v) is 6.00. The molecule has 6 heteroatoms. The Hall–Kier alpha value is -2.21. The van der Waals surface area contributed by atoms with E-state index in [2.05, 4.69) is 41.9 Å². The number of hydrogen-bond acceptors (Lipinski definition) is 4. The standard InChI is InChI=1S/C16H20N6/c1-20-9-6-17-15(20)12-21-8-2-3-13(11-21)14-4-5-18-16-19-7-10-22(14)16/h4-7,9-10,13H,2-3,8,11-12H2,1H3. The van der Waals surface area contributed by atoms with Crippen LogP contribution in [0.3, 0.4) is 0 Å². The van der Waals surface area contributed by atoms with Crippen LogP contribution >= 0.6 is 0 Å². The third kappa shape index (κ3) is 2.39. The summed E-state index contributed by atoms with van der Waals surface area (Å²) in [6, 6.07) is 2.13. The van der Waals surface area contributed by atoms with E-state index in [9.17, 15) is 0 Å². The molecule has 3 aromatic heterocycles. The van der Waals surface area contributed by atoms with Gasteiger partial charge in [0.2, 0.25) is 5.78 Å². The number of rotatable bonds is 3. The summed E-state index contributed by atoms with van der Waals surface area (Å²) >= 11 is 0. The van der Waals surface area contributed by atoms with Crippen molar-refractivity contribution in [3.8, 4) is 0 Å². The van der Waals surface area contributed by atoms with E-state index < -0.39 is 0 Å². The van der Waals surface area contributed by atoms with Crippen LogP contribution in [0.5, 0.6) is 0 Å². The quantitative estimate of drug-likeness (QED) is 0.740. The molecule has 0 bridgehead atoms. The van der Waals surface area contributed by atoms with Crippen LogP contribution in [0, 0.1) is 0 Å². The zero-order valence-electron chi connectivity index (χ0n) is 12.8. The van der Waals surface area contributed by atoms with Crippen LogP contribution in [0.25, 0.3) is 5.78 Å². The molecule has 0 amide bonds. The van der Waals surface area contributed by atoms with Gasteiger partial charge in [0.05, 0.1) is 6.54 Å². The fourth-order valence-electron chi connectivity index (χ4n) is 3.38. The molecule has 1 aliphatic rings. The van der Waals surface area contributed by atoms with Gasteiger partial charge < -0.3 is 4.57 Å². The first kappa shape index (κ1) is 13.5. The van der Waals surface area contributed by atoms with Crippen molar-refractivity contribution in [2.24, 2.45) is 7.05 Å². The summed E-state index contributed by atoms with van der Waals surface area (Å²) in [6.07, 6.45) is 12.0. The molecule has 6 nitrogen and oxygen atoms in total. The summed E-state index contributed by atoms with van der Waals surface area (Å²) in [4.78, 5) is 15.5. The van der Waals surface area contributed by atoms with Crippen LogP contribution in [0.4, 0.5) is 0 Å². The summed E-state index contributed by atoms with van der Waals surface area (Å²) in [5.74, 6) is 2.44. The van der Waals surface area contributed by atoms with Gasteiger partial charge in [-0.3, -0.25) is 9.30 Å². The van der Waals surface area contributed by atoms with Gasteiger partial charge in [-0.15, -0.1) is 0 Å². The molecule has 1 saturated heterocycles. The zero-order chi connectivity index (χ0) is 14.9. The second-order valence-electron chi connectivity index (χ2n) is 6.00. The molecule has 4 rings (SSSR count). The zero-order valence-corrected chi connectivity index (χ0v) is 12.8. The van der Waals surface area contributed by atoms with Gasteiger partial charge in [0.1, 0.15) is 5.82 Å². The minimum Gasteiger partial charge on any atom is -0.337 e. The topological polar surface area (TPSA) is 51.2 Å². The summed E-state index contributed by atoms with van der Waals surface area (Å²) < 4.78 is 4.22. The predicted molar refractivity (Wildman–Crippen MR) is 83.4 cm³/mol. The number of aromatic nitrogens is 5. The molecule has 1 aliphatic heterocycles. The molecule has 0 aliphatic carbocycles. The lowest BCUT2D eigenvalue weighted by Gasteiger charge is -2.32. The molecule has 0 N–H and O–H groups in total. The van der Waals surface area contributed by atoms with Crippen molar-refractivity contribution in [3.05, 3.63) is 48.6 Å². The normalized spacial score (nSPS) is 19.8. The highest BCUT2D eigenvalue weighted by Crippen LogP contribution is 2.27. The third-order valence-corrected chi connectivity index (χ3v) is 4.54. The average molecular weight is 296 g/mol. The molecule has 4 heterocycles. The Labute approximate surface area is 129 Å². The molecule has 1 atom stereocenters. The van der Waals surface area contributed by atoms with Gasteiger partial charge >= 0.3 is 0 Å². The van der Waals surface area contributed by atoms with Crippen LogP contribution in [0.1, 0.15) is 30.3 Å². The number of nitrogens with zero attached hydrogens (tertiary/aromatic N) is 6. The first-order valence-corrected chi connectivity index (χ1v) is 7.78. The minimum atomic E-state index is 0.522. The maximum Gasteiger partial charge on any atom is 0.233 e. The lowest BCUT2D eigenvalue weighted by atomic mass is 9.94. The molecular formula is C16H20N6. The highest BCUT2D eigenvalue weighted by atomic mass is 15.2. The Bertz CT molecular complexity index is 774. The number of imidazole rings is 2. The van der Waals surface area contributed by atoms with Gasteiger partial charge in [0.25, 0.3) is 0 Å². The smallest absolute Gasteiger partial charge is 0.233 e. The molecule has 0 aromatic carbocycles. The first-order chi connectivity index (χ1) is 10.8. The Morgan fingerprint density at radius 2 is 2.00 bits per heavy atom. The van der Waals surface area contributed by atoms with E-state index in [4.69, 9.17) is 0 Å². The molecule has 3 aromatic rings. The summed E-state index contributed by atoms with van der Waals surface area (Å²) in [5.41, 5.74) is 1.31. The fourth-order valence-corrected chi connectivity index (χ4v) is 3.38. The van der Waals surface area contributed by atoms with E-state index in [1.54, 1.807) is 0 Å². The predicted octanol–water partition coefficient (Wildman–Crippen LogP) is 1.84. The average Bonchev–Trinajstić information content (AvgIpc) is 3.17. The summed E-state index contributed by atoms with van der Waals surface area (Å²) in [7, 11) is 2.06. The van der Waals surface area contributed by atoms with Gasteiger partial charge in [-0.1, -0.05) is 0 Å². The Morgan fingerprint density at radius 1 is 1.14 bits per heavy atom. The number of likely N-dealkylation sites (tertiary alicyclic amines) is 1. The molecule has 0 saturated carbocycles. The van der Waals surface area contributed by atoms with Crippen molar-refractivity contribution in [1.82, 2.24) is 28.8 Å². The largest absolute Gasteiger partial charge is 0.337 e. The third-order valence-electron chi connectivity index (χ3n) is 4.54. The van der Waals surface area contributed by atoms with Crippen LogP contribution in [0.2, 0.25) is 0 Å². The van der Waals surface area contributed by atoms with Crippen molar-refractivity contribution in [3.63, 3.8) is 0 Å². The van der Waals surface area contributed by atoms with E-state index in [-0.39, 0.29) is 0 Å². The number of hydrogen-bond donors (Lipinski definition) is 0. The van der Waals surface area contributed by atoms with Gasteiger partial charge in [-0.2, -0.15) is 0 Å². The maximum absolute atomic E-state index is 4.45. The van der Waals surface area contributed by atoms with Crippen molar-refractivity contribution >= 4 is 5.78 Å². The fraction of sp³-hybridized carbons (Fsp3) is 0.438. The van der Waals surface area contributed by atoms with Crippen LogP contribution in [-0.2, 0) is 13.6 Å². The van der Waals surface area contributed by atoms with E-state index in [0.29, 0.717) is 5.92 Å². The summed E-state index contributed by atoms with van der Waals surface area (Å²) in [5, 5.41) is 0. The molecule has 22 heavy (non-hydrogen) atoms. The van der Waals surface area contributed by atoms with Crippen molar-refractivity contribution in [1.29, 1.82) is 0 Å². The SMILES string of the molecule is Cn1ccnc1CN1CCCC(c2ccnc3nccn23)C1. The number of fused-ring (bicyclic) bond motifs is 1. The lowest BCUT2D eigenvalue weighted by Crippen LogP contribution is -2.35. The second kappa shape index (κ2) is 5.53. The monoisotopic (exact) mass is 296 g/mol. The number of piperidine rings is 1. The Kier molecular flexibility index (Phi) is 3.38. The van der Waals surface area contributed by atoms with Crippen molar-refractivity contribution < 1.29 is 0 Å². The highest BCUT2D eigenvalue weighted by Gasteiger charge is 2.24. The van der Waals surface area contributed by atoms with Crippen LogP contribution in [0.15, 0.2) is 37.1 Å². The van der Waals surface area contributed by atoms with Crippen LogP contribution in [-0.4, -0.2) is 41.9 Å². The van der Waals surface area contributed by atoms with E-state index >= 15 is 0 Å². The molecule has 1 fully saturated rings. The van der Waals surface area contributed by atoms with E-state index in [0.717, 1.165) is 31.2 Å².